The topological polar surface area (TPSA) is 22.8 Å². The average molecular weight is 502 g/mol. The van der Waals surface area contributed by atoms with Gasteiger partial charge in [-0.3, -0.25) is 4.57 Å². The highest BCUT2D eigenvalue weighted by molar-refractivity contribution is 7.15. The fraction of sp³-hybridized carbons (Fsp3) is 0.0645. The van der Waals surface area contributed by atoms with Gasteiger partial charge in [-0.15, -0.1) is 22.7 Å². The highest BCUT2D eigenvalue weighted by atomic mass is 32.1. The molecule has 0 bridgehead atoms. The third kappa shape index (κ3) is 3.43. The van der Waals surface area contributed by atoms with Gasteiger partial charge in [0.25, 0.3) is 0 Å². The number of thiophene rings is 2. The molecule has 0 fully saturated rings. The maximum atomic E-state index is 5.13. The molecule has 0 saturated heterocycles. The van der Waals surface area contributed by atoms with Crippen molar-refractivity contribution < 1.29 is 0 Å². The first-order valence-corrected chi connectivity index (χ1v) is 13.6. The van der Waals surface area contributed by atoms with Crippen molar-refractivity contribution in [3.63, 3.8) is 0 Å². The third-order valence-electron chi connectivity index (χ3n) is 6.61. The van der Waals surface area contributed by atoms with Gasteiger partial charge in [0.1, 0.15) is 0 Å². The Morgan fingerprint density at radius 1 is 0.611 bits per heavy atom. The van der Waals surface area contributed by atoms with Crippen molar-refractivity contribution in [1.82, 2.24) is 14.1 Å². The number of imidazole rings is 1. The molecular formula is C31H23N3S2. The number of nitrogens with zero attached hydrogens (tertiary/aromatic N) is 3. The van der Waals surface area contributed by atoms with Gasteiger partial charge in [0.15, 0.2) is 5.82 Å². The van der Waals surface area contributed by atoms with Gasteiger partial charge < -0.3 is 4.57 Å². The molecule has 0 atom stereocenters. The van der Waals surface area contributed by atoms with Crippen LogP contribution in [0.25, 0.3) is 54.5 Å². The van der Waals surface area contributed by atoms with Crippen LogP contribution in [0.4, 0.5) is 0 Å². The number of aryl methyl sites for hydroxylation is 2. The molecule has 4 heterocycles. The van der Waals surface area contributed by atoms with Gasteiger partial charge in [-0.2, -0.15) is 0 Å². The number of hydrogen-bond acceptors (Lipinski definition) is 3. The Morgan fingerprint density at radius 3 is 2.06 bits per heavy atom. The van der Waals surface area contributed by atoms with Gasteiger partial charge in [0.2, 0.25) is 0 Å². The second-order valence-electron chi connectivity index (χ2n) is 9.03. The van der Waals surface area contributed by atoms with Gasteiger partial charge in [0.05, 0.1) is 26.5 Å². The summed E-state index contributed by atoms with van der Waals surface area (Å²) in [6, 6.07) is 34.7. The number of aromatic nitrogens is 3. The minimum Gasteiger partial charge on any atom is -0.309 e. The number of para-hydroxylation sites is 2. The summed E-state index contributed by atoms with van der Waals surface area (Å²) in [7, 11) is 0. The quantitative estimate of drug-likeness (QED) is 0.236. The molecular weight excluding hydrogens is 478 g/mol. The summed E-state index contributed by atoms with van der Waals surface area (Å²) in [6.07, 6.45) is 2.19. The molecule has 0 unspecified atom stereocenters. The number of fused-ring (bicyclic) bond motifs is 3. The van der Waals surface area contributed by atoms with Crippen LogP contribution in [-0.4, -0.2) is 14.1 Å². The average Bonchev–Trinajstić information content (AvgIpc) is 3.69. The van der Waals surface area contributed by atoms with Crippen molar-refractivity contribution in [3.05, 3.63) is 113 Å². The van der Waals surface area contributed by atoms with E-state index in [1.165, 1.54) is 47.0 Å². The standard InChI is InChI=1S/C31H23N3S2/c1-20-12-16-29(35-20)26-19-33(31(32-26)30-17-13-21(2)36-30)23-14-15-28-25(18-23)24-10-6-7-11-27(24)34(28)22-8-4-3-5-9-22/h3-19H,1-2H3. The number of benzene rings is 3. The predicted molar refractivity (Wildman–Crippen MR) is 154 cm³/mol. The normalized spacial score (nSPS) is 11.6. The van der Waals surface area contributed by atoms with E-state index in [1.54, 1.807) is 22.7 Å². The van der Waals surface area contributed by atoms with E-state index in [-0.39, 0.29) is 0 Å². The maximum absolute atomic E-state index is 5.13. The molecule has 4 aromatic heterocycles. The Labute approximate surface area is 217 Å². The molecule has 174 valence electrons. The molecule has 0 N–H and O–H groups in total. The van der Waals surface area contributed by atoms with Gasteiger partial charge in [0, 0.05) is 38.1 Å². The van der Waals surface area contributed by atoms with Crippen LogP contribution in [0.15, 0.2) is 103 Å². The molecule has 0 aliphatic rings. The van der Waals surface area contributed by atoms with Crippen molar-refractivity contribution >= 4 is 44.5 Å². The smallest absolute Gasteiger partial charge is 0.155 e. The van der Waals surface area contributed by atoms with Crippen LogP contribution in [0.2, 0.25) is 0 Å². The molecule has 7 aromatic rings. The molecule has 0 spiro atoms. The van der Waals surface area contributed by atoms with E-state index in [0.29, 0.717) is 0 Å². The molecule has 0 amide bonds. The lowest BCUT2D eigenvalue weighted by Gasteiger charge is -2.09. The van der Waals surface area contributed by atoms with Crippen molar-refractivity contribution in [2.24, 2.45) is 0 Å². The first-order valence-electron chi connectivity index (χ1n) is 12.0. The summed E-state index contributed by atoms with van der Waals surface area (Å²) in [6.45, 7) is 4.29. The molecule has 0 aliphatic heterocycles. The van der Waals surface area contributed by atoms with Crippen LogP contribution in [0.5, 0.6) is 0 Å². The van der Waals surface area contributed by atoms with Crippen molar-refractivity contribution in [2.75, 3.05) is 0 Å². The molecule has 0 aliphatic carbocycles. The van der Waals surface area contributed by atoms with Crippen LogP contribution in [0.3, 0.4) is 0 Å². The van der Waals surface area contributed by atoms with E-state index in [0.717, 1.165) is 17.2 Å². The highest BCUT2D eigenvalue weighted by Crippen LogP contribution is 2.37. The zero-order chi connectivity index (χ0) is 24.2. The Kier molecular flexibility index (Phi) is 4.94. The summed E-state index contributed by atoms with van der Waals surface area (Å²) in [4.78, 5) is 10.1. The van der Waals surface area contributed by atoms with Gasteiger partial charge in [-0.1, -0.05) is 36.4 Å². The summed E-state index contributed by atoms with van der Waals surface area (Å²) in [5.41, 5.74) is 5.72. The largest absolute Gasteiger partial charge is 0.309 e. The Hall–Kier alpha value is -3.93. The van der Waals surface area contributed by atoms with E-state index < -0.39 is 0 Å². The van der Waals surface area contributed by atoms with Gasteiger partial charge >= 0.3 is 0 Å². The number of hydrogen-bond donors (Lipinski definition) is 0. The molecule has 3 aromatic carbocycles. The zero-order valence-corrected chi connectivity index (χ0v) is 21.6. The molecule has 36 heavy (non-hydrogen) atoms. The van der Waals surface area contributed by atoms with Crippen molar-refractivity contribution in [2.45, 2.75) is 13.8 Å². The Morgan fingerprint density at radius 2 is 1.31 bits per heavy atom. The van der Waals surface area contributed by atoms with E-state index in [2.05, 4.69) is 126 Å². The van der Waals surface area contributed by atoms with Gasteiger partial charge in [-0.25, -0.2) is 4.98 Å². The van der Waals surface area contributed by atoms with Crippen LogP contribution in [-0.2, 0) is 0 Å². The number of rotatable bonds is 4. The molecule has 3 nitrogen and oxygen atoms in total. The summed E-state index contributed by atoms with van der Waals surface area (Å²) < 4.78 is 4.61. The lowest BCUT2D eigenvalue weighted by atomic mass is 10.1. The third-order valence-corrected chi connectivity index (χ3v) is 8.63. The predicted octanol–water partition coefficient (Wildman–Crippen LogP) is 9.04. The molecule has 0 saturated carbocycles. The van der Waals surface area contributed by atoms with Crippen LogP contribution in [0.1, 0.15) is 9.75 Å². The van der Waals surface area contributed by atoms with Crippen molar-refractivity contribution in [1.29, 1.82) is 0 Å². The fourth-order valence-corrected chi connectivity index (χ4v) is 6.64. The van der Waals surface area contributed by atoms with Crippen LogP contribution in [0, 0.1) is 13.8 Å². The minimum atomic E-state index is 0.986. The van der Waals surface area contributed by atoms with E-state index >= 15 is 0 Å². The van der Waals surface area contributed by atoms with Gasteiger partial charge in [-0.05, 0) is 74.5 Å². The first kappa shape index (κ1) is 21.4. The molecule has 7 rings (SSSR count). The lowest BCUT2D eigenvalue weighted by molar-refractivity contribution is 1.07. The van der Waals surface area contributed by atoms with E-state index in [1.807, 2.05) is 0 Å². The summed E-state index contributed by atoms with van der Waals surface area (Å²) in [5, 5.41) is 2.49. The summed E-state index contributed by atoms with van der Waals surface area (Å²) in [5.74, 6) is 0.986. The van der Waals surface area contributed by atoms with E-state index in [9.17, 15) is 0 Å². The zero-order valence-electron chi connectivity index (χ0n) is 20.0. The Bertz CT molecular complexity index is 1860. The fourth-order valence-electron chi connectivity index (χ4n) is 4.96. The maximum Gasteiger partial charge on any atom is 0.155 e. The molecule has 0 radical (unpaired) electrons. The highest BCUT2D eigenvalue weighted by Gasteiger charge is 2.18. The lowest BCUT2D eigenvalue weighted by Crippen LogP contribution is -1.96. The second kappa shape index (κ2) is 8.33. The monoisotopic (exact) mass is 501 g/mol. The SMILES string of the molecule is Cc1ccc(-c2cn(-c3ccc4c(c3)c3ccccc3n4-c3ccccc3)c(-c3ccc(C)s3)n2)s1. The van der Waals surface area contributed by atoms with Crippen LogP contribution >= 0.6 is 22.7 Å². The van der Waals surface area contributed by atoms with Crippen molar-refractivity contribution in [3.8, 4) is 32.6 Å². The molecule has 5 heteroatoms. The summed E-state index contributed by atoms with van der Waals surface area (Å²) >= 11 is 3.57. The minimum absolute atomic E-state index is 0.986. The van der Waals surface area contributed by atoms with Crippen LogP contribution < -0.4 is 0 Å². The van der Waals surface area contributed by atoms with E-state index in [4.69, 9.17) is 4.98 Å². The second-order valence-corrected chi connectivity index (χ2v) is 11.6. The first-order chi connectivity index (χ1) is 17.7. The Balaban J connectivity index is 1.48.